The Labute approximate surface area is 135 Å². The number of benzene rings is 2. The summed E-state index contributed by atoms with van der Waals surface area (Å²) in [4.78, 5) is 23.6. The Bertz CT molecular complexity index is 715. The van der Waals surface area contributed by atoms with Crippen molar-refractivity contribution < 1.29 is 14.3 Å². The topological polar surface area (TPSA) is 67.2 Å². The number of ether oxygens (including phenoxy) is 1. The van der Waals surface area contributed by atoms with E-state index in [1.54, 1.807) is 24.3 Å². The first kappa shape index (κ1) is 16.4. The number of hydrogen-bond acceptors (Lipinski definition) is 4. The molecule has 0 spiro atoms. The molecule has 23 heavy (non-hydrogen) atoms. The van der Waals surface area contributed by atoms with Crippen molar-refractivity contribution >= 4 is 11.8 Å². The molecule has 0 N–H and O–H groups in total. The first-order valence-corrected chi connectivity index (χ1v) is 7.33. The Morgan fingerprint density at radius 3 is 2.26 bits per heavy atom. The predicted octanol–water partition coefficient (Wildman–Crippen LogP) is 3.62. The van der Waals surface area contributed by atoms with Gasteiger partial charge in [-0.15, -0.1) is 0 Å². The van der Waals surface area contributed by atoms with E-state index >= 15 is 0 Å². The minimum atomic E-state index is -0.398. The van der Waals surface area contributed by atoms with E-state index in [1.807, 2.05) is 36.4 Å². The van der Waals surface area contributed by atoms with E-state index in [-0.39, 0.29) is 18.1 Å². The third-order valence-corrected chi connectivity index (χ3v) is 3.43. The predicted molar refractivity (Wildman–Crippen MR) is 85.9 cm³/mol. The second kappa shape index (κ2) is 7.90. The van der Waals surface area contributed by atoms with Crippen LogP contribution >= 0.6 is 0 Å². The van der Waals surface area contributed by atoms with Gasteiger partial charge in [-0.25, -0.2) is 0 Å². The smallest absolute Gasteiger partial charge is 0.311 e. The van der Waals surface area contributed by atoms with E-state index in [2.05, 4.69) is 0 Å². The van der Waals surface area contributed by atoms with Gasteiger partial charge in [0.2, 0.25) is 0 Å². The van der Waals surface area contributed by atoms with E-state index in [4.69, 9.17) is 10.00 Å². The van der Waals surface area contributed by atoms with Gasteiger partial charge < -0.3 is 9.53 Å². The van der Waals surface area contributed by atoms with Gasteiger partial charge in [0.25, 0.3) is 0 Å². The lowest BCUT2D eigenvalue weighted by molar-refractivity contribution is -0.134. The quantitative estimate of drug-likeness (QED) is 0.604. The van der Waals surface area contributed by atoms with Crippen molar-refractivity contribution in [3.05, 3.63) is 65.7 Å². The van der Waals surface area contributed by atoms with Crippen LogP contribution in [0.3, 0.4) is 0 Å². The molecule has 2 aromatic carbocycles. The number of hydrogen-bond donors (Lipinski definition) is 0. The molecule has 0 unspecified atom stereocenters. The molecule has 1 atom stereocenters. The van der Waals surface area contributed by atoms with Crippen LogP contribution in [-0.2, 0) is 9.59 Å². The lowest BCUT2D eigenvalue weighted by atomic mass is 9.91. The fourth-order valence-electron chi connectivity index (χ4n) is 2.35. The zero-order chi connectivity index (χ0) is 16.7. The van der Waals surface area contributed by atoms with Crippen molar-refractivity contribution in [1.82, 2.24) is 0 Å². The molecule has 0 bridgehead atoms. The van der Waals surface area contributed by atoms with Crippen LogP contribution in [0.1, 0.15) is 36.8 Å². The largest absolute Gasteiger partial charge is 0.427 e. The highest BCUT2D eigenvalue weighted by Gasteiger charge is 2.19. The van der Waals surface area contributed by atoms with Gasteiger partial charge in [0.05, 0.1) is 18.1 Å². The van der Waals surface area contributed by atoms with Crippen LogP contribution in [0.2, 0.25) is 0 Å². The summed E-state index contributed by atoms with van der Waals surface area (Å²) in [6, 6.07) is 17.8. The van der Waals surface area contributed by atoms with Crippen molar-refractivity contribution in [2.75, 3.05) is 0 Å². The van der Waals surface area contributed by atoms with Crippen LogP contribution < -0.4 is 4.74 Å². The third kappa shape index (κ3) is 5.08. The fraction of sp³-hybridized carbons (Fsp3) is 0.211. The van der Waals surface area contributed by atoms with Crippen molar-refractivity contribution in [2.45, 2.75) is 25.7 Å². The minimum absolute atomic E-state index is 0.0324. The van der Waals surface area contributed by atoms with Crippen LogP contribution in [0.25, 0.3) is 0 Å². The second-order valence-corrected chi connectivity index (χ2v) is 5.33. The van der Waals surface area contributed by atoms with Crippen LogP contribution in [0.15, 0.2) is 54.6 Å². The summed E-state index contributed by atoms with van der Waals surface area (Å²) < 4.78 is 5.29. The highest BCUT2D eigenvalue weighted by Crippen LogP contribution is 2.25. The number of esters is 1. The van der Waals surface area contributed by atoms with Crippen molar-refractivity contribution in [2.24, 2.45) is 0 Å². The Morgan fingerprint density at radius 1 is 1.04 bits per heavy atom. The zero-order valence-corrected chi connectivity index (χ0v) is 12.9. The van der Waals surface area contributed by atoms with Crippen molar-refractivity contribution in [1.29, 1.82) is 5.26 Å². The van der Waals surface area contributed by atoms with Gasteiger partial charge in [-0.05, 0) is 36.8 Å². The molecule has 4 heteroatoms. The molecule has 0 heterocycles. The van der Waals surface area contributed by atoms with Crippen molar-refractivity contribution in [3.8, 4) is 11.8 Å². The molecule has 0 fully saturated rings. The minimum Gasteiger partial charge on any atom is -0.427 e. The molecule has 0 aliphatic carbocycles. The molecule has 0 aromatic heterocycles. The SMILES string of the molecule is CC(=O)C[C@@H](CC(=O)Oc1ccc(C#N)cc1)c1ccccc1. The number of carbonyl (C=O) groups excluding carboxylic acids is 2. The summed E-state index contributed by atoms with van der Waals surface area (Å²) in [5, 5.41) is 8.75. The molecule has 0 radical (unpaired) electrons. The average Bonchev–Trinajstić information content (AvgIpc) is 2.55. The van der Waals surface area contributed by atoms with Gasteiger partial charge in [-0.1, -0.05) is 30.3 Å². The second-order valence-electron chi connectivity index (χ2n) is 5.33. The molecular weight excluding hydrogens is 290 g/mol. The lowest BCUT2D eigenvalue weighted by Crippen LogP contribution is -2.15. The van der Waals surface area contributed by atoms with E-state index in [0.29, 0.717) is 17.7 Å². The normalized spacial score (nSPS) is 11.3. The average molecular weight is 307 g/mol. The Hall–Kier alpha value is -2.93. The Balaban J connectivity index is 2.05. The summed E-state index contributed by atoms with van der Waals surface area (Å²) in [6.45, 7) is 1.52. The summed E-state index contributed by atoms with van der Waals surface area (Å²) in [5.41, 5.74) is 1.45. The van der Waals surface area contributed by atoms with Crippen molar-refractivity contribution in [3.63, 3.8) is 0 Å². The van der Waals surface area contributed by atoms with Gasteiger partial charge in [0, 0.05) is 12.3 Å². The van der Waals surface area contributed by atoms with E-state index in [0.717, 1.165) is 5.56 Å². The first-order valence-electron chi connectivity index (χ1n) is 7.33. The highest BCUT2D eigenvalue weighted by atomic mass is 16.5. The Kier molecular flexibility index (Phi) is 5.65. The number of rotatable bonds is 6. The van der Waals surface area contributed by atoms with Crippen LogP contribution in [0.4, 0.5) is 0 Å². The molecule has 2 rings (SSSR count). The fourth-order valence-corrected chi connectivity index (χ4v) is 2.35. The third-order valence-electron chi connectivity index (χ3n) is 3.43. The molecule has 0 aliphatic rings. The maximum absolute atomic E-state index is 12.1. The zero-order valence-electron chi connectivity index (χ0n) is 12.9. The van der Waals surface area contributed by atoms with Gasteiger partial charge in [0.15, 0.2) is 0 Å². The van der Waals surface area contributed by atoms with Crippen LogP contribution in [0.5, 0.6) is 5.75 Å². The number of Topliss-reactive ketones (excluding diaryl/α,β-unsaturated/α-hetero) is 1. The van der Waals surface area contributed by atoms with Gasteiger partial charge in [-0.2, -0.15) is 5.26 Å². The van der Waals surface area contributed by atoms with E-state index in [9.17, 15) is 9.59 Å². The molecule has 0 saturated heterocycles. The molecular formula is C19H17NO3. The first-order chi connectivity index (χ1) is 11.1. The number of nitriles is 1. The molecule has 0 aliphatic heterocycles. The summed E-state index contributed by atoms with van der Waals surface area (Å²) in [5.74, 6) is -0.168. The molecule has 4 nitrogen and oxygen atoms in total. The summed E-state index contributed by atoms with van der Waals surface area (Å²) in [7, 11) is 0. The number of carbonyl (C=O) groups is 2. The standard InChI is InChI=1S/C19H17NO3/c1-14(21)11-17(16-5-3-2-4-6-16)12-19(22)23-18-9-7-15(13-20)8-10-18/h2-10,17H,11-12H2,1H3/t17-/m0/s1. The Morgan fingerprint density at radius 2 is 1.70 bits per heavy atom. The molecule has 116 valence electrons. The van der Waals surface area contributed by atoms with Gasteiger partial charge in [-0.3, -0.25) is 4.79 Å². The summed E-state index contributed by atoms with van der Waals surface area (Å²) >= 11 is 0. The monoisotopic (exact) mass is 307 g/mol. The van der Waals surface area contributed by atoms with Crippen LogP contribution in [0, 0.1) is 11.3 Å². The number of ketones is 1. The maximum Gasteiger partial charge on any atom is 0.311 e. The van der Waals surface area contributed by atoms with E-state index in [1.165, 1.54) is 6.92 Å². The van der Waals surface area contributed by atoms with Crippen LogP contribution in [-0.4, -0.2) is 11.8 Å². The molecule has 0 amide bonds. The lowest BCUT2D eigenvalue weighted by Gasteiger charge is -2.15. The van der Waals surface area contributed by atoms with Gasteiger partial charge in [0.1, 0.15) is 11.5 Å². The van der Waals surface area contributed by atoms with E-state index < -0.39 is 5.97 Å². The summed E-state index contributed by atoms with van der Waals surface area (Å²) in [6.07, 6.45) is 0.427. The highest BCUT2D eigenvalue weighted by molar-refractivity contribution is 5.79. The molecule has 2 aromatic rings. The number of nitrogens with zero attached hydrogens (tertiary/aromatic N) is 1. The molecule has 0 saturated carbocycles. The van der Waals surface area contributed by atoms with Gasteiger partial charge >= 0.3 is 5.97 Å². The maximum atomic E-state index is 12.1.